The van der Waals surface area contributed by atoms with Crippen LogP contribution < -0.4 is 5.32 Å². The molecule has 2 atom stereocenters. The maximum Gasteiger partial charge on any atom is 0.338 e. The Hall–Kier alpha value is -1.43. The Morgan fingerprint density at radius 1 is 1.13 bits per heavy atom. The predicted molar refractivity (Wildman–Crippen MR) is 86.3 cm³/mol. The number of benzene rings is 1. The van der Waals surface area contributed by atoms with E-state index in [0.717, 1.165) is 18.4 Å². The van der Waals surface area contributed by atoms with E-state index in [1.165, 1.54) is 0 Å². The lowest BCUT2D eigenvalue weighted by Crippen LogP contribution is -2.57. The van der Waals surface area contributed by atoms with Crippen LogP contribution in [0.25, 0.3) is 0 Å². The van der Waals surface area contributed by atoms with Gasteiger partial charge >= 0.3 is 5.97 Å². The van der Waals surface area contributed by atoms with Gasteiger partial charge in [-0.05, 0) is 32.9 Å². The highest BCUT2D eigenvalue weighted by atomic mass is 16.7. The quantitative estimate of drug-likeness (QED) is 0.849. The van der Waals surface area contributed by atoms with Gasteiger partial charge in [-0.3, -0.25) is 0 Å². The summed E-state index contributed by atoms with van der Waals surface area (Å²) in [5, 5.41) is 3.47. The van der Waals surface area contributed by atoms with Gasteiger partial charge in [0.15, 0.2) is 5.79 Å². The van der Waals surface area contributed by atoms with Gasteiger partial charge in [0.2, 0.25) is 0 Å². The molecule has 0 radical (unpaired) electrons. The lowest BCUT2D eigenvalue weighted by Gasteiger charge is -2.46. The monoisotopic (exact) mass is 319 g/mol. The predicted octanol–water partition coefficient (Wildman–Crippen LogP) is 2.42. The van der Waals surface area contributed by atoms with Crippen LogP contribution in [-0.4, -0.2) is 43.2 Å². The molecule has 5 heteroatoms. The second-order valence-corrected chi connectivity index (χ2v) is 6.80. The van der Waals surface area contributed by atoms with Crippen LogP contribution in [0.3, 0.4) is 0 Å². The number of hydrogen-bond acceptors (Lipinski definition) is 5. The standard InChI is InChI=1S/C18H25NO4/c1-12-4-6-15(7-5-12)17(20)23-16-10-21-18(22-11-16)8-13(2)19-14(3)9-18/h4-7,13-14,16,19H,8-11H2,1-3H3. The van der Waals surface area contributed by atoms with Gasteiger partial charge in [0, 0.05) is 24.9 Å². The van der Waals surface area contributed by atoms with E-state index < -0.39 is 5.79 Å². The molecule has 2 heterocycles. The molecule has 2 fully saturated rings. The van der Waals surface area contributed by atoms with Crippen molar-refractivity contribution in [3.8, 4) is 0 Å². The van der Waals surface area contributed by atoms with E-state index in [1.54, 1.807) is 12.1 Å². The van der Waals surface area contributed by atoms with E-state index in [2.05, 4.69) is 19.2 Å². The molecule has 2 unspecified atom stereocenters. The zero-order valence-electron chi connectivity index (χ0n) is 14.0. The zero-order chi connectivity index (χ0) is 16.4. The average molecular weight is 319 g/mol. The molecule has 0 bridgehead atoms. The van der Waals surface area contributed by atoms with Crippen LogP contribution in [0, 0.1) is 6.92 Å². The van der Waals surface area contributed by atoms with E-state index in [1.807, 2.05) is 19.1 Å². The van der Waals surface area contributed by atoms with Gasteiger partial charge in [0.05, 0.1) is 18.8 Å². The Labute approximate surface area is 137 Å². The summed E-state index contributed by atoms with van der Waals surface area (Å²) in [7, 11) is 0. The van der Waals surface area contributed by atoms with Gasteiger partial charge in [-0.15, -0.1) is 0 Å². The van der Waals surface area contributed by atoms with Crippen molar-refractivity contribution >= 4 is 5.97 Å². The summed E-state index contributed by atoms with van der Waals surface area (Å²) in [6, 6.07) is 8.06. The second kappa shape index (κ2) is 6.59. The first-order valence-corrected chi connectivity index (χ1v) is 8.27. The van der Waals surface area contributed by atoms with Crippen LogP contribution in [-0.2, 0) is 14.2 Å². The van der Waals surface area contributed by atoms with Crippen molar-refractivity contribution in [1.29, 1.82) is 0 Å². The average Bonchev–Trinajstić information content (AvgIpc) is 2.49. The molecule has 126 valence electrons. The summed E-state index contributed by atoms with van der Waals surface area (Å²) in [4.78, 5) is 12.2. The van der Waals surface area contributed by atoms with Crippen molar-refractivity contribution < 1.29 is 19.0 Å². The number of piperidine rings is 1. The fraction of sp³-hybridized carbons (Fsp3) is 0.611. The van der Waals surface area contributed by atoms with Crippen molar-refractivity contribution in [2.75, 3.05) is 13.2 Å². The number of rotatable bonds is 2. The van der Waals surface area contributed by atoms with Crippen molar-refractivity contribution in [3.63, 3.8) is 0 Å². The highest BCUT2D eigenvalue weighted by Gasteiger charge is 2.43. The molecule has 23 heavy (non-hydrogen) atoms. The lowest BCUT2D eigenvalue weighted by molar-refractivity contribution is -0.307. The number of carbonyl (C=O) groups excluding carboxylic acids is 1. The van der Waals surface area contributed by atoms with Crippen molar-refractivity contribution in [3.05, 3.63) is 35.4 Å². The van der Waals surface area contributed by atoms with Crippen LogP contribution in [0.15, 0.2) is 24.3 Å². The Balaban J connectivity index is 1.55. The Morgan fingerprint density at radius 2 is 1.70 bits per heavy atom. The molecule has 3 rings (SSSR count). The molecule has 2 aliphatic rings. The molecule has 0 aromatic heterocycles. The van der Waals surface area contributed by atoms with Crippen LogP contribution in [0.2, 0.25) is 0 Å². The molecule has 2 aliphatic heterocycles. The lowest BCUT2D eigenvalue weighted by atomic mass is 9.93. The molecule has 5 nitrogen and oxygen atoms in total. The highest BCUT2D eigenvalue weighted by molar-refractivity contribution is 5.89. The van der Waals surface area contributed by atoms with Crippen molar-refractivity contribution in [1.82, 2.24) is 5.32 Å². The third-order valence-corrected chi connectivity index (χ3v) is 4.43. The maximum atomic E-state index is 12.2. The Bertz CT molecular complexity index is 537. The SMILES string of the molecule is Cc1ccc(C(=O)OC2COC3(CC(C)NC(C)C3)OC2)cc1. The number of esters is 1. The minimum Gasteiger partial charge on any atom is -0.454 e. The molecule has 0 aliphatic carbocycles. The topological polar surface area (TPSA) is 56.8 Å². The molecule has 2 saturated heterocycles. The summed E-state index contributed by atoms with van der Waals surface area (Å²) in [6.45, 7) is 7.02. The smallest absolute Gasteiger partial charge is 0.338 e. The number of aryl methyl sites for hydroxylation is 1. The van der Waals surface area contributed by atoms with Gasteiger partial charge < -0.3 is 19.5 Å². The van der Waals surface area contributed by atoms with Gasteiger partial charge in [-0.25, -0.2) is 4.79 Å². The number of nitrogens with one attached hydrogen (secondary N) is 1. The second-order valence-electron chi connectivity index (χ2n) is 6.80. The minimum atomic E-state index is -0.531. The first-order valence-electron chi connectivity index (χ1n) is 8.27. The zero-order valence-corrected chi connectivity index (χ0v) is 14.0. The third kappa shape index (κ3) is 3.91. The van der Waals surface area contributed by atoms with Crippen molar-refractivity contribution in [2.24, 2.45) is 0 Å². The summed E-state index contributed by atoms with van der Waals surface area (Å²) < 4.78 is 17.5. The van der Waals surface area contributed by atoms with E-state index in [0.29, 0.717) is 30.9 Å². The van der Waals surface area contributed by atoms with Crippen LogP contribution in [0.5, 0.6) is 0 Å². The molecule has 0 saturated carbocycles. The first-order chi connectivity index (χ1) is 11.0. The fourth-order valence-corrected chi connectivity index (χ4v) is 3.41. The molecule has 1 spiro atoms. The summed E-state index contributed by atoms with van der Waals surface area (Å²) in [5.41, 5.74) is 1.67. The molecule has 1 aromatic rings. The molecule has 1 N–H and O–H groups in total. The summed E-state index contributed by atoms with van der Waals surface area (Å²) in [6.07, 6.45) is 1.28. The molecular formula is C18H25NO4. The minimum absolute atomic E-state index is 0.329. The normalized spacial score (nSPS) is 34.3. The first kappa shape index (κ1) is 16.4. The number of carbonyl (C=O) groups is 1. The van der Waals surface area contributed by atoms with Gasteiger partial charge in [0.1, 0.15) is 6.10 Å². The third-order valence-electron chi connectivity index (χ3n) is 4.43. The van der Waals surface area contributed by atoms with Crippen LogP contribution >= 0.6 is 0 Å². The van der Waals surface area contributed by atoms with E-state index in [9.17, 15) is 4.79 Å². The largest absolute Gasteiger partial charge is 0.454 e. The fourth-order valence-electron chi connectivity index (χ4n) is 3.41. The highest BCUT2D eigenvalue weighted by Crippen LogP contribution is 2.33. The van der Waals surface area contributed by atoms with Crippen LogP contribution in [0.4, 0.5) is 0 Å². The van der Waals surface area contributed by atoms with E-state index >= 15 is 0 Å². The van der Waals surface area contributed by atoms with Crippen LogP contribution in [0.1, 0.15) is 42.6 Å². The molecular weight excluding hydrogens is 294 g/mol. The number of hydrogen-bond donors (Lipinski definition) is 1. The Kier molecular flexibility index (Phi) is 4.71. The summed E-state index contributed by atoms with van der Waals surface area (Å²) in [5.74, 6) is -0.859. The van der Waals surface area contributed by atoms with Gasteiger partial charge in [-0.2, -0.15) is 0 Å². The number of ether oxygens (including phenoxy) is 3. The van der Waals surface area contributed by atoms with Gasteiger partial charge in [0.25, 0.3) is 0 Å². The van der Waals surface area contributed by atoms with Gasteiger partial charge in [-0.1, -0.05) is 17.7 Å². The summed E-state index contributed by atoms with van der Waals surface area (Å²) >= 11 is 0. The maximum absolute atomic E-state index is 12.2. The molecule has 1 aromatic carbocycles. The van der Waals surface area contributed by atoms with E-state index in [-0.39, 0.29) is 12.1 Å². The van der Waals surface area contributed by atoms with E-state index in [4.69, 9.17) is 14.2 Å². The van der Waals surface area contributed by atoms with Crippen molar-refractivity contribution in [2.45, 2.75) is 57.6 Å². The Morgan fingerprint density at radius 3 is 2.26 bits per heavy atom. The molecule has 0 amide bonds.